The van der Waals surface area contributed by atoms with Crippen LogP contribution in [-0.2, 0) is 19.2 Å². The molecule has 0 rings (SSSR count). The minimum Gasteiger partial charge on any atom is -0.478 e. The third-order valence-electron chi connectivity index (χ3n) is 2.11. The van der Waals surface area contributed by atoms with Crippen LogP contribution in [0.4, 0.5) is 0 Å². The Bertz CT molecular complexity index is 375. The average Bonchev–Trinajstić information content (AvgIpc) is 2.31. The Morgan fingerprint density at radius 3 is 1.22 bits per heavy atom. The zero-order valence-corrected chi connectivity index (χ0v) is 9.94. The van der Waals surface area contributed by atoms with E-state index in [1.54, 1.807) is 0 Å². The number of amides is 2. The van der Waals surface area contributed by atoms with Crippen LogP contribution in [0, 0.1) is 0 Å². The van der Waals surface area contributed by atoms with Crippen LogP contribution in [0.3, 0.4) is 0 Å². The molecule has 0 saturated carbocycles. The van der Waals surface area contributed by atoms with Crippen molar-refractivity contribution >= 4 is 23.8 Å². The van der Waals surface area contributed by atoms with Gasteiger partial charge in [0.15, 0.2) is 0 Å². The highest BCUT2D eigenvalue weighted by atomic mass is 16.4. The minimum absolute atomic E-state index is 0.606. The molecule has 2 amide bonds. The largest absolute Gasteiger partial charge is 0.478 e. The Hall–Kier alpha value is -2.38. The summed E-state index contributed by atoms with van der Waals surface area (Å²) in [6.45, 7) is 0. The molecule has 0 bridgehead atoms. The first-order chi connectivity index (χ1) is 8.33. The van der Waals surface area contributed by atoms with Crippen LogP contribution in [0.2, 0.25) is 0 Å². The Kier molecular flexibility index (Phi) is 6.11. The van der Waals surface area contributed by atoms with E-state index in [4.69, 9.17) is 10.2 Å². The van der Waals surface area contributed by atoms with Crippen molar-refractivity contribution in [1.82, 2.24) is 10.6 Å². The van der Waals surface area contributed by atoms with Crippen LogP contribution in [0.1, 0.15) is 12.8 Å². The van der Waals surface area contributed by atoms with Gasteiger partial charge >= 0.3 is 11.9 Å². The Labute approximate surface area is 103 Å². The molecule has 4 N–H and O–H groups in total. The van der Waals surface area contributed by atoms with Crippen molar-refractivity contribution in [3.05, 3.63) is 11.1 Å². The van der Waals surface area contributed by atoms with E-state index in [1.165, 1.54) is 14.1 Å². The Morgan fingerprint density at radius 2 is 1.06 bits per heavy atom. The van der Waals surface area contributed by atoms with Gasteiger partial charge in [0, 0.05) is 14.1 Å². The third-order valence-corrected chi connectivity index (χ3v) is 2.11. The molecule has 0 atom stereocenters. The van der Waals surface area contributed by atoms with Crippen molar-refractivity contribution in [3.63, 3.8) is 0 Å². The molecule has 0 saturated heterocycles. The van der Waals surface area contributed by atoms with Gasteiger partial charge in [0.25, 0.3) is 0 Å². The monoisotopic (exact) mass is 258 g/mol. The normalized spacial score (nSPS) is 11.2. The topological polar surface area (TPSA) is 133 Å². The number of carbonyl (C=O) groups is 4. The van der Waals surface area contributed by atoms with Crippen LogP contribution in [0.5, 0.6) is 0 Å². The first kappa shape index (κ1) is 15.6. The quantitative estimate of drug-likeness (QED) is 0.439. The van der Waals surface area contributed by atoms with Gasteiger partial charge in [0.05, 0.1) is 24.0 Å². The molecule has 0 aromatic rings. The van der Waals surface area contributed by atoms with Gasteiger partial charge in [0.1, 0.15) is 0 Å². The number of rotatable bonds is 6. The predicted molar refractivity (Wildman–Crippen MR) is 59.7 cm³/mol. The van der Waals surface area contributed by atoms with Crippen molar-refractivity contribution in [1.29, 1.82) is 0 Å². The predicted octanol–water partition coefficient (Wildman–Crippen LogP) is -1.28. The second kappa shape index (κ2) is 7.05. The van der Waals surface area contributed by atoms with Gasteiger partial charge in [-0.15, -0.1) is 0 Å². The van der Waals surface area contributed by atoms with E-state index in [0.29, 0.717) is 0 Å². The van der Waals surface area contributed by atoms with Crippen molar-refractivity contribution in [2.75, 3.05) is 14.1 Å². The maximum Gasteiger partial charge on any atom is 0.332 e. The summed E-state index contributed by atoms with van der Waals surface area (Å²) in [5.74, 6) is -4.38. The molecular weight excluding hydrogens is 244 g/mol. The number of hydrogen-bond donors (Lipinski definition) is 4. The summed E-state index contributed by atoms with van der Waals surface area (Å²) in [5.41, 5.74) is -1.21. The van der Waals surface area contributed by atoms with Gasteiger partial charge in [-0.2, -0.15) is 0 Å². The molecule has 0 aromatic carbocycles. The van der Waals surface area contributed by atoms with Gasteiger partial charge in [-0.3, -0.25) is 9.59 Å². The highest BCUT2D eigenvalue weighted by molar-refractivity contribution is 6.04. The van der Waals surface area contributed by atoms with Crippen LogP contribution in [0.25, 0.3) is 0 Å². The fraction of sp³-hybridized carbons (Fsp3) is 0.400. The smallest absolute Gasteiger partial charge is 0.332 e. The summed E-state index contributed by atoms with van der Waals surface area (Å²) in [6, 6.07) is 0. The van der Waals surface area contributed by atoms with E-state index in [9.17, 15) is 19.2 Å². The summed E-state index contributed by atoms with van der Waals surface area (Å²) in [4.78, 5) is 44.1. The Balaban J connectivity index is 5.43. The van der Waals surface area contributed by atoms with E-state index in [1.807, 2.05) is 0 Å². The van der Waals surface area contributed by atoms with Crippen LogP contribution < -0.4 is 10.6 Å². The number of carboxylic acids is 2. The second-order valence-electron chi connectivity index (χ2n) is 3.27. The van der Waals surface area contributed by atoms with Gasteiger partial charge in [0.2, 0.25) is 11.8 Å². The molecule has 0 fully saturated rings. The minimum atomic E-state index is -1.54. The molecule has 0 unspecified atom stereocenters. The molecule has 0 aliphatic heterocycles. The van der Waals surface area contributed by atoms with Crippen LogP contribution in [-0.4, -0.2) is 48.1 Å². The van der Waals surface area contributed by atoms with E-state index < -0.39 is 47.7 Å². The standard InChI is InChI=1S/C10H14N2O6/c1-11-7(13)3-5(9(15)16)6(10(17)18)4-8(14)12-2/h3-4H2,1-2H3,(H,11,13)(H,12,14)(H,15,16)(H,17,18). The first-order valence-corrected chi connectivity index (χ1v) is 4.93. The van der Waals surface area contributed by atoms with E-state index in [-0.39, 0.29) is 0 Å². The van der Waals surface area contributed by atoms with Crippen molar-refractivity contribution in [2.45, 2.75) is 12.8 Å². The molecule has 0 aromatic heterocycles. The Morgan fingerprint density at radius 1 is 0.778 bits per heavy atom. The lowest BCUT2D eigenvalue weighted by Crippen LogP contribution is -2.25. The van der Waals surface area contributed by atoms with Crippen molar-refractivity contribution in [3.8, 4) is 0 Å². The zero-order chi connectivity index (χ0) is 14.3. The molecule has 100 valence electrons. The summed E-state index contributed by atoms with van der Waals surface area (Å²) >= 11 is 0. The lowest BCUT2D eigenvalue weighted by Gasteiger charge is -2.07. The number of carbonyl (C=O) groups excluding carboxylic acids is 2. The molecule has 0 aliphatic rings. The molecule has 8 heteroatoms. The van der Waals surface area contributed by atoms with Crippen molar-refractivity contribution < 1.29 is 29.4 Å². The number of carboxylic acid groups (broad SMARTS) is 2. The highest BCUT2D eigenvalue weighted by Crippen LogP contribution is 2.14. The van der Waals surface area contributed by atoms with E-state index in [0.717, 1.165) is 0 Å². The SMILES string of the molecule is CNC(=O)CC(C(=O)O)=C(CC(=O)NC)C(=O)O. The molecule has 18 heavy (non-hydrogen) atoms. The molecule has 0 aliphatic carbocycles. The summed E-state index contributed by atoms with van der Waals surface area (Å²) in [7, 11) is 2.59. The fourth-order valence-corrected chi connectivity index (χ4v) is 1.12. The van der Waals surface area contributed by atoms with Crippen LogP contribution >= 0.6 is 0 Å². The van der Waals surface area contributed by atoms with Crippen molar-refractivity contribution in [2.24, 2.45) is 0 Å². The van der Waals surface area contributed by atoms with Gasteiger partial charge in [-0.25, -0.2) is 9.59 Å². The molecule has 0 spiro atoms. The fourth-order valence-electron chi connectivity index (χ4n) is 1.12. The molecule has 8 nitrogen and oxygen atoms in total. The molecule has 0 radical (unpaired) electrons. The maximum atomic E-state index is 11.1. The van der Waals surface area contributed by atoms with Gasteiger partial charge in [-0.1, -0.05) is 0 Å². The summed E-state index contributed by atoms with van der Waals surface area (Å²) < 4.78 is 0. The number of nitrogens with one attached hydrogen (secondary N) is 2. The number of aliphatic carboxylic acids is 2. The second-order valence-corrected chi connectivity index (χ2v) is 3.27. The first-order valence-electron chi connectivity index (χ1n) is 4.93. The lowest BCUT2D eigenvalue weighted by molar-refractivity contribution is -0.137. The van der Waals surface area contributed by atoms with Gasteiger partial charge < -0.3 is 20.8 Å². The average molecular weight is 258 g/mol. The maximum absolute atomic E-state index is 11.1. The third kappa shape index (κ3) is 4.64. The van der Waals surface area contributed by atoms with Gasteiger partial charge in [-0.05, 0) is 0 Å². The zero-order valence-electron chi connectivity index (χ0n) is 9.94. The highest BCUT2D eigenvalue weighted by Gasteiger charge is 2.24. The van der Waals surface area contributed by atoms with E-state index >= 15 is 0 Å². The summed E-state index contributed by atoms with van der Waals surface area (Å²) in [6.07, 6.45) is -1.21. The number of hydrogen-bond acceptors (Lipinski definition) is 4. The summed E-state index contributed by atoms with van der Waals surface area (Å²) in [5, 5.41) is 22.1. The van der Waals surface area contributed by atoms with E-state index in [2.05, 4.69) is 10.6 Å². The lowest BCUT2D eigenvalue weighted by atomic mass is 10.0. The molecule has 0 heterocycles. The van der Waals surface area contributed by atoms with Crippen LogP contribution in [0.15, 0.2) is 11.1 Å². The molecular formula is C10H14N2O6.